The van der Waals surface area contributed by atoms with Crippen molar-refractivity contribution in [3.8, 4) is 0 Å². The molecule has 0 aromatic rings. The van der Waals surface area contributed by atoms with Gasteiger partial charge < -0.3 is 0 Å². The Morgan fingerprint density at radius 1 is 1.30 bits per heavy atom. The van der Waals surface area contributed by atoms with Gasteiger partial charge >= 0.3 is 0 Å². The summed E-state index contributed by atoms with van der Waals surface area (Å²) in [5, 5.41) is 0. The summed E-state index contributed by atoms with van der Waals surface area (Å²) in [4.78, 5) is 10.9. The van der Waals surface area contributed by atoms with Crippen LogP contribution in [0.25, 0.3) is 0 Å². The maximum atomic E-state index is 10.9. The summed E-state index contributed by atoms with van der Waals surface area (Å²) < 4.78 is 0. The van der Waals surface area contributed by atoms with Crippen LogP contribution in [0.1, 0.15) is 60.3 Å². The molecule has 0 unspecified atom stereocenters. The van der Waals surface area contributed by atoms with E-state index in [0.717, 1.165) is 6.42 Å². The summed E-state index contributed by atoms with van der Waals surface area (Å²) in [5.41, 5.74) is 4.54. The fourth-order valence-electron chi connectivity index (χ4n) is 2.80. The van der Waals surface area contributed by atoms with E-state index in [1.807, 2.05) is 12.2 Å². The lowest BCUT2D eigenvalue weighted by Gasteiger charge is -2.33. The first-order valence-corrected chi connectivity index (χ1v) is 7.63. The van der Waals surface area contributed by atoms with E-state index in [4.69, 9.17) is 0 Å². The molecule has 110 valence electrons. The number of rotatable bonds is 5. The minimum absolute atomic E-state index is 0.0904. The van der Waals surface area contributed by atoms with Gasteiger partial charge in [-0.25, -0.2) is 0 Å². The monoisotopic (exact) mass is 272 g/mol. The lowest BCUT2D eigenvalue weighted by molar-refractivity contribution is -0.112. The van der Waals surface area contributed by atoms with Crippen LogP contribution < -0.4 is 0 Å². The van der Waals surface area contributed by atoms with E-state index in [1.54, 1.807) is 13.0 Å². The summed E-state index contributed by atoms with van der Waals surface area (Å²) >= 11 is 0. The second kappa shape index (κ2) is 7.42. The molecule has 0 N–H and O–H groups in total. The Balaban J connectivity index is 2.91. The Morgan fingerprint density at radius 3 is 2.55 bits per heavy atom. The predicted octanol–water partition coefficient (Wildman–Crippen LogP) is 5.55. The van der Waals surface area contributed by atoms with Crippen molar-refractivity contribution >= 4 is 5.78 Å². The minimum atomic E-state index is 0.0904. The molecule has 0 fully saturated rings. The molecule has 0 heterocycles. The van der Waals surface area contributed by atoms with Crippen LogP contribution in [-0.4, -0.2) is 5.78 Å². The van der Waals surface area contributed by atoms with Gasteiger partial charge in [0.15, 0.2) is 5.78 Å². The van der Waals surface area contributed by atoms with E-state index in [0.29, 0.717) is 0 Å². The molecule has 0 aliphatic heterocycles. The van der Waals surface area contributed by atoms with Gasteiger partial charge in [-0.3, -0.25) is 4.79 Å². The van der Waals surface area contributed by atoms with E-state index in [2.05, 4.69) is 39.8 Å². The summed E-state index contributed by atoms with van der Waals surface area (Å²) in [6.07, 6.45) is 14.7. The van der Waals surface area contributed by atoms with Gasteiger partial charge in [0.05, 0.1) is 0 Å². The van der Waals surface area contributed by atoms with Crippen LogP contribution in [0.4, 0.5) is 0 Å². The lowest BCUT2D eigenvalue weighted by atomic mass is 9.72. The number of ketones is 1. The van der Waals surface area contributed by atoms with Crippen LogP contribution in [0.3, 0.4) is 0 Å². The smallest absolute Gasteiger partial charge is 0.152 e. The van der Waals surface area contributed by atoms with Crippen LogP contribution in [-0.2, 0) is 4.79 Å². The zero-order valence-electron chi connectivity index (χ0n) is 13.6. The molecule has 1 heteroatoms. The van der Waals surface area contributed by atoms with E-state index >= 15 is 0 Å². The first kappa shape index (κ1) is 16.7. The Kier molecular flexibility index (Phi) is 6.19. The molecule has 0 amide bonds. The fraction of sp³-hybridized carbons (Fsp3) is 0.526. The molecule has 0 radical (unpaired) electrons. The standard InChI is InChI=1S/C19H28O/c1-6-17(11-7-10-16(3)20)12-13-18-15(2)9-8-14-19(18,4)5/h7,10-13H,6,8-9,14H2,1-5H3/b10-7+,13-12+,17-11+. The molecule has 0 saturated carbocycles. The van der Waals surface area contributed by atoms with Gasteiger partial charge in [0, 0.05) is 0 Å². The molecular weight excluding hydrogens is 244 g/mol. The number of allylic oxidation sites excluding steroid dienone is 8. The van der Waals surface area contributed by atoms with Crippen molar-refractivity contribution in [3.63, 3.8) is 0 Å². The van der Waals surface area contributed by atoms with Gasteiger partial charge in [-0.15, -0.1) is 0 Å². The molecule has 1 rings (SSSR count). The van der Waals surface area contributed by atoms with Crippen molar-refractivity contribution < 1.29 is 4.79 Å². The first-order valence-electron chi connectivity index (χ1n) is 7.63. The maximum absolute atomic E-state index is 10.9. The summed E-state index contributed by atoms with van der Waals surface area (Å²) in [6.45, 7) is 10.6. The Morgan fingerprint density at radius 2 is 2.00 bits per heavy atom. The average Bonchev–Trinajstić information content (AvgIpc) is 2.34. The first-order chi connectivity index (χ1) is 9.36. The van der Waals surface area contributed by atoms with Crippen LogP contribution in [0.5, 0.6) is 0 Å². The van der Waals surface area contributed by atoms with Crippen LogP contribution >= 0.6 is 0 Å². The van der Waals surface area contributed by atoms with Gasteiger partial charge in [-0.05, 0) is 62.2 Å². The van der Waals surface area contributed by atoms with Crippen molar-refractivity contribution in [2.45, 2.75) is 60.3 Å². The van der Waals surface area contributed by atoms with Gasteiger partial charge in [0.25, 0.3) is 0 Å². The largest absolute Gasteiger partial charge is 0.295 e. The summed E-state index contributed by atoms with van der Waals surface area (Å²) in [7, 11) is 0. The molecule has 0 aromatic carbocycles. The van der Waals surface area contributed by atoms with Gasteiger partial charge in [0.2, 0.25) is 0 Å². The highest BCUT2D eigenvalue weighted by molar-refractivity contribution is 5.87. The van der Waals surface area contributed by atoms with Crippen molar-refractivity contribution in [2.24, 2.45) is 5.41 Å². The van der Waals surface area contributed by atoms with Crippen LogP contribution in [0.15, 0.2) is 47.1 Å². The zero-order valence-corrected chi connectivity index (χ0v) is 13.6. The van der Waals surface area contributed by atoms with E-state index in [9.17, 15) is 4.79 Å². The van der Waals surface area contributed by atoms with Gasteiger partial charge in [-0.1, -0.05) is 50.6 Å². The second-order valence-electron chi connectivity index (χ2n) is 6.33. The number of carbonyl (C=O) groups is 1. The molecular formula is C19H28O. The molecule has 0 atom stereocenters. The van der Waals surface area contributed by atoms with Crippen molar-refractivity contribution in [1.29, 1.82) is 0 Å². The third-order valence-corrected chi connectivity index (χ3v) is 4.06. The molecule has 0 saturated heterocycles. The predicted molar refractivity (Wildman–Crippen MR) is 87.7 cm³/mol. The van der Waals surface area contributed by atoms with Crippen LogP contribution in [0, 0.1) is 5.41 Å². The Labute approximate surface area is 124 Å². The molecule has 1 aliphatic rings. The lowest BCUT2D eigenvalue weighted by Crippen LogP contribution is -2.19. The molecule has 0 spiro atoms. The van der Waals surface area contributed by atoms with Crippen molar-refractivity contribution in [2.75, 3.05) is 0 Å². The molecule has 20 heavy (non-hydrogen) atoms. The minimum Gasteiger partial charge on any atom is -0.295 e. The average molecular weight is 272 g/mol. The van der Waals surface area contributed by atoms with Gasteiger partial charge in [0.1, 0.15) is 0 Å². The van der Waals surface area contributed by atoms with E-state index in [1.165, 1.54) is 36.0 Å². The quantitative estimate of drug-likeness (QED) is 0.473. The van der Waals surface area contributed by atoms with Crippen molar-refractivity contribution in [3.05, 3.63) is 47.1 Å². The number of hydrogen-bond donors (Lipinski definition) is 0. The Bertz CT molecular complexity index is 470. The third-order valence-electron chi connectivity index (χ3n) is 4.06. The topological polar surface area (TPSA) is 17.1 Å². The highest BCUT2D eigenvalue weighted by Gasteiger charge is 2.26. The van der Waals surface area contributed by atoms with Crippen molar-refractivity contribution in [1.82, 2.24) is 0 Å². The summed E-state index contributed by atoms with van der Waals surface area (Å²) in [5.74, 6) is 0.0904. The third kappa shape index (κ3) is 4.96. The molecule has 1 nitrogen and oxygen atoms in total. The van der Waals surface area contributed by atoms with E-state index < -0.39 is 0 Å². The summed E-state index contributed by atoms with van der Waals surface area (Å²) in [6, 6.07) is 0. The van der Waals surface area contributed by atoms with E-state index in [-0.39, 0.29) is 11.2 Å². The zero-order chi connectivity index (χ0) is 15.2. The molecule has 0 aromatic heterocycles. The normalized spacial score (nSPS) is 20.1. The molecule has 0 bridgehead atoms. The highest BCUT2D eigenvalue weighted by atomic mass is 16.1. The maximum Gasteiger partial charge on any atom is 0.152 e. The Hall–Kier alpha value is -1.37. The molecule has 1 aliphatic carbocycles. The second-order valence-corrected chi connectivity index (χ2v) is 6.33. The van der Waals surface area contributed by atoms with Gasteiger partial charge in [-0.2, -0.15) is 0 Å². The number of carbonyl (C=O) groups excluding carboxylic acids is 1. The number of hydrogen-bond acceptors (Lipinski definition) is 1. The highest BCUT2D eigenvalue weighted by Crippen LogP contribution is 2.40. The fourth-order valence-corrected chi connectivity index (χ4v) is 2.80. The SMILES string of the molecule is CCC(/C=C/C1=C(C)CCCC1(C)C)=C\C=C\C(C)=O. The van der Waals surface area contributed by atoms with Crippen LogP contribution in [0.2, 0.25) is 0 Å².